The first kappa shape index (κ1) is 21.1. The molecule has 1 fully saturated rings. The summed E-state index contributed by atoms with van der Waals surface area (Å²) in [4.78, 5) is 17.2. The first-order valence-electron chi connectivity index (χ1n) is 9.78. The minimum atomic E-state index is -0.259. The van der Waals surface area contributed by atoms with Crippen LogP contribution in [0.5, 0.6) is 5.75 Å². The lowest BCUT2D eigenvalue weighted by atomic mass is 10.2. The van der Waals surface area contributed by atoms with Crippen LogP contribution in [-0.2, 0) is 4.74 Å². The maximum absolute atomic E-state index is 12.7. The van der Waals surface area contributed by atoms with E-state index in [0.717, 1.165) is 36.4 Å². The van der Waals surface area contributed by atoms with Crippen molar-refractivity contribution in [2.24, 2.45) is 4.99 Å². The van der Waals surface area contributed by atoms with Crippen molar-refractivity contribution in [3.63, 3.8) is 0 Å². The highest BCUT2D eigenvalue weighted by Gasteiger charge is 2.16. The van der Waals surface area contributed by atoms with Crippen LogP contribution >= 0.6 is 11.6 Å². The zero-order chi connectivity index (χ0) is 20.6. The van der Waals surface area contributed by atoms with Gasteiger partial charge in [0.15, 0.2) is 0 Å². The summed E-state index contributed by atoms with van der Waals surface area (Å²) in [6.07, 6.45) is 2.09. The average molecular weight is 416 g/mol. The quantitative estimate of drug-likeness (QED) is 0.541. The lowest BCUT2D eigenvalue weighted by Gasteiger charge is -2.14. The van der Waals surface area contributed by atoms with Crippen LogP contribution in [0.3, 0.4) is 0 Å². The molecule has 2 N–H and O–H groups in total. The summed E-state index contributed by atoms with van der Waals surface area (Å²) >= 11 is 6.22. The predicted octanol–water partition coefficient (Wildman–Crippen LogP) is 4.42. The number of carbonyl (C=O) groups excluding carboxylic acids is 1. The highest BCUT2D eigenvalue weighted by molar-refractivity contribution is 6.31. The van der Waals surface area contributed by atoms with Gasteiger partial charge in [0.05, 0.1) is 19.3 Å². The first-order chi connectivity index (χ1) is 14.0. The van der Waals surface area contributed by atoms with Crippen LogP contribution in [-0.4, -0.2) is 37.7 Å². The van der Waals surface area contributed by atoms with Gasteiger partial charge in [-0.2, -0.15) is 0 Å². The largest absolute Gasteiger partial charge is 0.494 e. The normalized spacial score (nSPS) is 16.5. The third kappa shape index (κ3) is 6.21. The van der Waals surface area contributed by atoms with Crippen LogP contribution in [0.4, 0.5) is 5.69 Å². The van der Waals surface area contributed by atoms with E-state index in [1.165, 1.54) is 0 Å². The van der Waals surface area contributed by atoms with Gasteiger partial charge in [0.25, 0.3) is 5.91 Å². The third-order valence-corrected chi connectivity index (χ3v) is 4.98. The number of hydrogen-bond acceptors (Lipinski definition) is 4. The van der Waals surface area contributed by atoms with Gasteiger partial charge in [-0.3, -0.25) is 10.1 Å². The van der Waals surface area contributed by atoms with Crippen LogP contribution in [0.25, 0.3) is 0 Å². The fourth-order valence-corrected chi connectivity index (χ4v) is 3.13. The van der Waals surface area contributed by atoms with Crippen LogP contribution in [0.15, 0.2) is 47.5 Å². The number of aliphatic imine (C=N–C) groups is 1. The molecule has 7 heteroatoms. The molecule has 29 heavy (non-hydrogen) atoms. The van der Waals surface area contributed by atoms with Crippen molar-refractivity contribution < 1.29 is 14.3 Å². The number of nitrogens with one attached hydrogen (secondary N) is 2. The molecule has 1 aliphatic heterocycles. The van der Waals surface area contributed by atoms with Gasteiger partial charge in [-0.15, -0.1) is 0 Å². The highest BCUT2D eigenvalue weighted by Crippen LogP contribution is 2.20. The Hall–Kier alpha value is -2.57. The number of halogens is 1. The second-order valence-electron chi connectivity index (χ2n) is 6.82. The zero-order valence-electron chi connectivity index (χ0n) is 16.7. The van der Waals surface area contributed by atoms with E-state index in [1.54, 1.807) is 24.3 Å². The summed E-state index contributed by atoms with van der Waals surface area (Å²) in [5, 5.41) is 6.65. The number of carbonyl (C=O) groups is 1. The maximum atomic E-state index is 12.7. The van der Waals surface area contributed by atoms with Crippen LogP contribution in [0, 0.1) is 6.92 Å². The van der Waals surface area contributed by atoms with Gasteiger partial charge in [0.1, 0.15) is 5.75 Å². The molecule has 1 heterocycles. The van der Waals surface area contributed by atoms with E-state index < -0.39 is 0 Å². The number of aryl methyl sites for hydroxylation is 1. The van der Waals surface area contributed by atoms with Crippen molar-refractivity contribution in [1.29, 1.82) is 0 Å². The van der Waals surface area contributed by atoms with E-state index in [1.807, 2.05) is 32.0 Å². The van der Waals surface area contributed by atoms with Crippen LogP contribution in [0.2, 0.25) is 5.02 Å². The Morgan fingerprint density at radius 3 is 2.72 bits per heavy atom. The summed E-state index contributed by atoms with van der Waals surface area (Å²) in [6, 6.07) is 12.6. The molecule has 1 saturated heterocycles. The van der Waals surface area contributed by atoms with Crippen molar-refractivity contribution >= 4 is 29.2 Å². The zero-order valence-corrected chi connectivity index (χ0v) is 17.5. The van der Waals surface area contributed by atoms with Gasteiger partial charge < -0.3 is 14.8 Å². The second kappa shape index (κ2) is 10.3. The average Bonchev–Trinajstić information content (AvgIpc) is 3.23. The van der Waals surface area contributed by atoms with E-state index in [4.69, 9.17) is 21.1 Å². The first-order valence-corrected chi connectivity index (χ1v) is 10.2. The Bertz CT molecular complexity index is 862. The number of rotatable bonds is 6. The van der Waals surface area contributed by atoms with Crippen LogP contribution in [0.1, 0.15) is 35.7 Å². The predicted molar refractivity (Wildman–Crippen MR) is 116 cm³/mol. The molecule has 0 saturated carbocycles. The summed E-state index contributed by atoms with van der Waals surface area (Å²) in [5.41, 5.74) is 2.24. The molecule has 0 aliphatic carbocycles. The number of nitrogens with zero attached hydrogens (tertiary/aromatic N) is 1. The maximum Gasteiger partial charge on any atom is 0.257 e. The summed E-state index contributed by atoms with van der Waals surface area (Å²) < 4.78 is 11.1. The number of benzene rings is 2. The lowest BCUT2D eigenvalue weighted by Crippen LogP contribution is -2.36. The highest BCUT2D eigenvalue weighted by atomic mass is 35.5. The van der Waals surface area contributed by atoms with Crippen LogP contribution < -0.4 is 15.4 Å². The summed E-state index contributed by atoms with van der Waals surface area (Å²) in [5.74, 6) is 0.827. The monoisotopic (exact) mass is 415 g/mol. The lowest BCUT2D eigenvalue weighted by molar-refractivity contribution is 0.0975. The van der Waals surface area contributed by atoms with Gasteiger partial charge in [0.2, 0.25) is 5.96 Å². The molecule has 2 aromatic carbocycles. The number of amides is 1. The van der Waals surface area contributed by atoms with E-state index in [0.29, 0.717) is 29.7 Å². The molecule has 0 radical (unpaired) electrons. The van der Waals surface area contributed by atoms with Crippen molar-refractivity contribution in [2.45, 2.75) is 32.8 Å². The Morgan fingerprint density at radius 1 is 1.28 bits per heavy atom. The van der Waals surface area contributed by atoms with Gasteiger partial charge in [-0.05, 0) is 68.7 Å². The van der Waals surface area contributed by atoms with E-state index in [-0.39, 0.29) is 12.0 Å². The van der Waals surface area contributed by atoms with Crippen molar-refractivity contribution in [3.05, 3.63) is 58.6 Å². The minimum absolute atomic E-state index is 0.0794. The molecule has 154 valence electrons. The number of anilines is 1. The molecule has 0 bridgehead atoms. The number of hydrogen-bond donors (Lipinski definition) is 2. The fourth-order valence-electron chi connectivity index (χ4n) is 2.95. The van der Waals surface area contributed by atoms with Crippen molar-refractivity contribution in [2.75, 3.05) is 25.1 Å². The van der Waals surface area contributed by atoms with Crippen molar-refractivity contribution in [1.82, 2.24) is 5.32 Å². The van der Waals surface area contributed by atoms with Gasteiger partial charge in [-0.25, -0.2) is 4.99 Å². The molecule has 0 unspecified atom stereocenters. The minimum Gasteiger partial charge on any atom is -0.494 e. The molecular formula is C22H26ClN3O3. The Morgan fingerprint density at radius 2 is 2.07 bits per heavy atom. The molecule has 0 spiro atoms. The molecule has 1 atom stereocenters. The molecule has 2 aromatic rings. The smallest absolute Gasteiger partial charge is 0.257 e. The second-order valence-corrected chi connectivity index (χ2v) is 7.23. The van der Waals surface area contributed by atoms with E-state index in [2.05, 4.69) is 15.6 Å². The molecular weight excluding hydrogens is 390 g/mol. The molecule has 1 aliphatic rings. The summed E-state index contributed by atoms with van der Waals surface area (Å²) in [7, 11) is 0. The van der Waals surface area contributed by atoms with Gasteiger partial charge in [0, 0.05) is 22.9 Å². The van der Waals surface area contributed by atoms with Crippen molar-refractivity contribution in [3.8, 4) is 5.75 Å². The molecule has 1 amide bonds. The number of ether oxygens (including phenoxy) is 2. The molecule has 6 nitrogen and oxygen atoms in total. The topological polar surface area (TPSA) is 72.0 Å². The Kier molecular flexibility index (Phi) is 7.49. The standard InChI is InChI=1S/C22H26ClN3O3/c1-3-28-18-10-7-16(8-11-18)21(27)26-22(24-14-19-5-4-12-29-19)25-17-9-6-15(2)20(23)13-17/h6-11,13,19H,3-5,12,14H2,1-2H3,(H2,24,25,26,27)/t19-/m0/s1. The van der Waals surface area contributed by atoms with Gasteiger partial charge in [-0.1, -0.05) is 17.7 Å². The fraction of sp³-hybridized carbons (Fsp3) is 0.364. The van der Waals surface area contributed by atoms with Gasteiger partial charge >= 0.3 is 0 Å². The van der Waals surface area contributed by atoms with E-state index >= 15 is 0 Å². The van der Waals surface area contributed by atoms with E-state index in [9.17, 15) is 4.79 Å². The third-order valence-electron chi connectivity index (χ3n) is 4.57. The SMILES string of the molecule is CCOc1ccc(C(=O)NC(=NC[C@@H]2CCCO2)Nc2ccc(C)c(Cl)c2)cc1. The molecule has 0 aromatic heterocycles. The molecule has 3 rings (SSSR count). The Labute approximate surface area is 176 Å². The summed E-state index contributed by atoms with van der Waals surface area (Å²) in [6.45, 7) is 5.67. The number of guanidine groups is 1. The Balaban J connectivity index is 1.73.